The Morgan fingerprint density at radius 3 is 2.52 bits per heavy atom. The van der Waals surface area contributed by atoms with E-state index in [1.807, 2.05) is 12.1 Å². The van der Waals surface area contributed by atoms with Crippen LogP contribution in [0.5, 0.6) is 5.88 Å². The van der Waals surface area contributed by atoms with Crippen LogP contribution in [0.4, 0.5) is 0 Å². The highest BCUT2D eigenvalue weighted by Crippen LogP contribution is 2.38. The van der Waals surface area contributed by atoms with Gasteiger partial charge in [-0.25, -0.2) is 4.68 Å². The maximum Gasteiger partial charge on any atom is 0.274 e. The predicted molar refractivity (Wildman–Crippen MR) is 97.6 cm³/mol. The van der Waals surface area contributed by atoms with Gasteiger partial charge in [-0.2, -0.15) is 10.2 Å². The molecule has 142 valence electrons. The Bertz CT molecular complexity index is 868. The number of aryl methyl sites for hydroxylation is 1. The third-order valence-corrected chi connectivity index (χ3v) is 5.20. The summed E-state index contributed by atoms with van der Waals surface area (Å²) >= 11 is 0. The average Bonchev–Trinajstić information content (AvgIpc) is 3.54. The number of carbonyl (C=O) groups is 1. The molecule has 1 saturated carbocycles. The lowest BCUT2D eigenvalue weighted by atomic mass is 9.97. The summed E-state index contributed by atoms with van der Waals surface area (Å²) in [5.41, 5.74) is 1.13. The van der Waals surface area contributed by atoms with Gasteiger partial charge in [-0.15, -0.1) is 5.10 Å². The highest BCUT2D eigenvalue weighted by atomic mass is 16.5. The molecule has 0 aromatic carbocycles. The SMILES string of the molecule is Cn1nc(C(=O)N2CCC(COc3ccc(C4CC4)nn3)CC2)ccc1=O. The smallest absolute Gasteiger partial charge is 0.274 e. The van der Waals surface area contributed by atoms with Crippen molar-refractivity contribution < 1.29 is 9.53 Å². The van der Waals surface area contributed by atoms with Gasteiger partial charge in [-0.1, -0.05) is 0 Å². The lowest BCUT2D eigenvalue weighted by Crippen LogP contribution is -2.40. The summed E-state index contributed by atoms with van der Waals surface area (Å²) in [5.74, 6) is 1.40. The zero-order valence-electron chi connectivity index (χ0n) is 15.4. The second-order valence-electron chi connectivity index (χ2n) is 7.30. The minimum atomic E-state index is -0.226. The second kappa shape index (κ2) is 7.46. The number of ether oxygens (including phenoxy) is 1. The van der Waals surface area contributed by atoms with Crippen molar-refractivity contribution in [1.82, 2.24) is 24.9 Å². The van der Waals surface area contributed by atoms with E-state index in [9.17, 15) is 9.59 Å². The van der Waals surface area contributed by atoms with Crippen molar-refractivity contribution in [3.8, 4) is 5.88 Å². The molecule has 2 aliphatic rings. The van der Waals surface area contributed by atoms with Crippen molar-refractivity contribution in [3.05, 3.63) is 46.0 Å². The fraction of sp³-hybridized carbons (Fsp3) is 0.526. The van der Waals surface area contributed by atoms with Gasteiger partial charge in [0, 0.05) is 38.2 Å². The van der Waals surface area contributed by atoms with E-state index in [2.05, 4.69) is 15.3 Å². The Kier molecular flexibility index (Phi) is 4.87. The molecule has 0 atom stereocenters. The molecule has 0 N–H and O–H groups in total. The minimum absolute atomic E-state index is 0.133. The Hall–Kier alpha value is -2.77. The van der Waals surface area contributed by atoms with Crippen molar-refractivity contribution in [1.29, 1.82) is 0 Å². The topological polar surface area (TPSA) is 90.2 Å². The van der Waals surface area contributed by atoms with Gasteiger partial charge in [0.15, 0.2) is 0 Å². The van der Waals surface area contributed by atoms with Gasteiger partial charge in [0.1, 0.15) is 5.69 Å². The first-order valence-corrected chi connectivity index (χ1v) is 9.40. The predicted octanol–water partition coefficient (Wildman–Crippen LogP) is 1.38. The third-order valence-electron chi connectivity index (χ3n) is 5.20. The maximum atomic E-state index is 12.5. The summed E-state index contributed by atoms with van der Waals surface area (Å²) < 4.78 is 6.97. The van der Waals surface area contributed by atoms with Gasteiger partial charge in [0.25, 0.3) is 11.5 Å². The molecule has 4 rings (SSSR count). The van der Waals surface area contributed by atoms with E-state index in [0.29, 0.717) is 43.1 Å². The summed E-state index contributed by atoms with van der Waals surface area (Å²) in [5, 5.41) is 12.4. The van der Waals surface area contributed by atoms with Crippen LogP contribution in [-0.2, 0) is 7.05 Å². The van der Waals surface area contributed by atoms with Crippen LogP contribution < -0.4 is 10.3 Å². The molecule has 2 fully saturated rings. The lowest BCUT2D eigenvalue weighted by molar-refractivity contribution is 0.0650. The van der Waals surface area contributed by atoms with Crippen LogP contribution in [0.2, 0.25) is 0 Å². The van der Waals surface area contributed by atoms with Crippen LogP contribution in [0.1, 0.15) is 47.8 Å². The Morgan fingerprint density at radius 2 is 1.89 bits per heavy atom. The molecule has 1 saturated heterocycles. The van der Waals surface area contributed by atoms with Gasteiger partial charge in [-0.3, -0.25) is 9.59 Å². The van der Waals surface area contributed by atoms with E-state index in [-0.39, 0.29) is 11.5 Å². The number of rotatable bonds is 5. The van der Waals surface area contributed by atoms with Crippen molar-refractivity contribution in [2.45, 2.75) is 31.6 Å². The van der Waals surface area contributed by atoms with E-state index in [1.165, 1.54) is 29.7 Å². The molecular formula is C19H23N5O3. The summed E-state index contributed by atoms with van der Waals surface area (Å²) in [6.07, 6.45) is 4.15. The summed E-state index contributed by atoms with van der Waals surface area (Å²) in [4.78, 5) is 25.7. The number of hydrogen-bond acceptors (Lipinski definition) is 6. The standard InChI is InChI=1S/C19H23N5O3/c1-23-18(25)7-5-16(22-23)19(26)24-10-8-13(9-11-24)12-27-17-6-4-15(20-21-17)14-2-3-14/h4-7,13-14H,2-3,8-12H2,1H3. The number of nitrogens with zero attached hydrogens (tertiary/aromatic N) is 5. The molecule has 8 heteroatoms. The Labute approximate surface area is 157 Å². The van der Waals surface area contributed by atoms with Crippen LogP contribution in [0, 0.1) is 5.92 Å². The van der Waals surface area contributed by atoms with Crippen LogP contribution in [0.3, 0.4) is 0 Å². The monoisotopic (exact) mass is 369 g/mol. The maximum absolute atomic E-state index is 12.5. The van der Waals surface area contributed by atoms with E-state index < -0.39 is 0 Å². The van der Waals surface area contributed by atoms with E-state index >= 15 is 0 Å². The molecule has 2 aromatic rings. The first-order chi connectivity index (χ1) is 13.1. The number of amides is 1. The molecule has 0 spiro atoms. The molecule has 0 unspecified atom stereocenters. The van der Waals surface area contributed by atoms with Crippen molar-refractivity contribution in [2.24, 2.45) is 13.0 Å². The number of likely N-dealkylation sites (tertiary alicyclic amines) is 1. The van der Waals surface area contributed by atoms with E-state index in [0.717, 1.165) is 18.5 Å². The van der Waals surface area contributed by atoms with Gasteiger partial charge < -0.3 is 9.64 Å². The van der Waals surface area contributed by atoms with Crippen molar-refractivity contribution in [2.75, 3.05) is 19.7 Å². The van der Waals surface area contributed by atoms with Gasteiger partial charge in [0.2, 0.25) is 5.88 Å². The lowest BCUT2D eigenvalue weighted by Gasteiger charge is -2.31. The molecule has 2 aromatic heterocycles. The zero-order valence-corrected chi connectivity index (χ0v) is 15.4. The molecular weight excluding hydrogens is 346 g/mol. The Balaban J connectivity index is 1.26. The molecule has 1 aliphatic carbocycles. The number of carbonyl (C=O) groups excluding carboxylic acids is 1. The van der Waals surface area contributed by atoms with Crippen LogP contribution in [0.15, 0.2) is 29.1 Å². The van der Waals surface area contributed by atoms with Crippen molar-refractivity contribution in [3.63, 3.8) is 0 Å². The third kappa shape index (κ3) is 4.15. The Morgan fingerprint density at radius 1 is 1.11 bits per heavy atom. The van der Waals surface area contributed by atoms with E-state index in [1.54, 1.807) is 11.9 Å². The number of aromatic nitrogens is 4. The fourth-order valence-electron chi connectivity index (χ4n) is 3.29. The van der Waals surface area contributed by atoms with Crippen LogP contribution in [-0.4, -0.2) is 50.5 Å². The summed E-state index contributed by atoms with van der Waals surface area (Å²) in [7, 11) is 1.54. The summed E-state index contributed by atoms with van der Waals surface area (Å²) in [6.45, 7) is 1.89. The molecule has 8 nitrogen and oxygen atoms in total. The summed E-state index contributed by atoms with van der Waals surface area (Å²) in [6, 6.07) is 6.76. The molecule has 0 radical (unpaired) electrons. The molecule has 0 bridgehead atoms. The van der Waals surface area contributed by atoms with Gasteiger partial charge in [0.05, 0.1) is 12.3 Å². The van der Waals surface area contributed by atoms with Gasteiger partial charge >= 0.3 is 0 Å². The van der Waals surface area contributed by atoms with Crippen molar-refractivity contribution >= 4 is 5.91 Å². The largest absolute Gasteiger partial charge is 0.476 e. The molecule has 1 aliphatic heterocycles. The second-order valence-corrected chi connectivity index (χ2v) is 7.30. The molecule has 3 heterocycles. The first-order valence-electron chi connectivity index (χ1n) is 9.40. The number of piperidine rings is 1. The average molecular weight is 369 g/mol. The van der Waals surface area contributed by atoms with E-state index in [4.69, 9.17) is 4.74 Å². The van der Waals surface area contributed by atoms with Crippen LogP contribution in [0.25, 0.3) is 0 Å². The highest BCUT2D eigenvalue weighted by molar-refractivity contribution is 5.92. The van der Waals surface area contributed by atoms with Gasteiger partial charge in [-0.05, 0) is 43.7 Å². The van der Waals surface area contributed by atoms with Crippen LogP contribution >= 0.6 is 0 Å². The minimum Gasteiger partial charge on any atom is -0.476 e. The fourth-order valence-corrected chi connectivity index (χ4v) is 3.29. The quantitative estimate of drug-likeness (QED) is 0.791. The normalized spacial score (nSPS) is 17.7. The first kappa shape index (κ1) is 17.6. The number of hydrogen-bond donors (Lipinski definition) is 0. The highest BCUT2D eigenvalue weighted by Gasteiger charge is 2.26. The molecule has 1 amide bonds. The zero-order chi connectivity index (χ0) is 18.8. The molecule has 27 heavy (non-hydrogen) atoms.